The van der Waals surface area contributed by atoms with Crippen LogP contribution >= 0.6 is 11.8 Å². The maximum atomic E-state index is 12.4. The van der Waals surface area contributed by atoms with Gasteiger partial charge < -0.3 is 10.3 Å². The number of hydrogen-bond acceptors (Lipinski definition) is 4. The molecule has 0 saturated heterocycles. The third-order valence-electron chi connectivity index (χ3n) is 4.49. The highest BCUT2D eigenvalue weighted by atomic mass is 32.2. The van der Waals surface area contributed by atoms with Gasteiger partial charge in [0.2, 0.25) is 5.91 Å². The number of carbonyl (C=O) groups is 1. The van der Waals surface area contributed by atoms with Crippen molar-refractivity contribution in [2.45, 2.75) is 25.4 Å². The van der Waals surface area contributed by atoms with Gasteiger partial charge in [0.15, 0.2) is 5.16 Å². The quantitative estimate of drug-likeness (QED) is 0.475. The second kappa shape index (κ2) is 7.90. The average molecular weight is 392 g/mol. The summed E-state index contributed by atoms with van der Waals surface area (Å²) in [7, 11) is 0. The van der Waals surface area contributed by atoms with Gasteiger partial charge in [-0.25, -0.2) is 9.67 Å². The van der Waals surface area contributed by atoms with Crippen LogP contribution in [0.1, 0.15) is 17.8 Å². The lowest BCUT2D eigenvalue weighted by molar-refractivity contribution is -0.115. The van der Waals surface area contributed by atoms with Crippen molar-refractivity contribution in [1.29, 1.82) is 0 Å². The number of aryl methyl sites for hydroxylation is 1. The van der Waals surface area contributed by atoms with E-state index in [2.05, 4.69) is 20.4 Å². The number of benzene rings is 2. The summed E-state index contributed by atoms with van der Waals surface area (Å²) in [4.78, 5) is 20.2. The largest absolute Gasteiger partial charge is 0.333 e. The van der Waals surface area contributed by atoms with Crippen LogP contribution in [0.2, 0.25) is 0 Å². The number of para-hydroxylation sites is 3. The van der Waals surface area contributed by atoms with E-state index in [0.29, 0.717) is 12.2 Å². The number of carbonyl (C=O) groups excluding carboxylic acids is 1. The Balaban J connectivity index is 1.38. The molecule has 1 amide bonds. The van der Waals surface area contributed by atoms with Gasteiger partial charge in [0.25, 0.3) is 0 Å². The topological polar surface area (TPSA) is 75.6 Å². The predicted molar refractivity (Wildman–Crippen MR) is 113 cm³/mol. The first-order chi connectivity index (χ1) is 13.6. The summed E-state index contributed by atoms with van der Waals surface area (Å²) < 4.78 is 1.86. The molecule has 0 fully saturated rings. The lowest BCUT2D eigenvalue weighted by Gasteiger charge is -2.07. The minimum Gasteiger partial charge on any atom is -0.333 e. The number of rotatable bonds is 6. The zero-order chi connectivity index (χ0) is 19.5. The number of amides is 1. The normalized spacial score (nSPS) is 11.1. The van der Waals surface area contributed by atoms with E-state index in [-0.39, 0.29) is 5.91 Å². The van der Waals surface area contributed by atoms with Crippen molar-refractivity contribution in [1.82, 2.24) is 19.7 Å². The summed E-state index contributed by atoms with van der Waals surface area (Å²) in [5.41, 5.74) is 5.43. The Morgan fingerprint density at radius 1 is 1.11 bits per heavy atom. The maximum absolute atomic E-state index is 12.4. The van der Waals surface area contributed by atoms with Crippen LogP contribution in [0.5, 0.6) is 0 Å². The summed E-state index contributed by atoms with van der Waals surface area (Å²) >= 11 is 1.55. The SMILES string of the molecule is Cc1nn(-c2ccccc2)c(C)c1NC(=O)CCSc1nc2ccccc2[nH]1. The summed E-state index contributed by atoms with van der Waals surface area (Å²) in [5, 5.41) is 8.41. The van der Waals surface area contributed by atoms with Crippen molar-refractivity contribution in [3.8, 4) is 5.69 Å². The van der Waals surface area contributed by atoms with E-state index in [1.54, 1.807) is 11.8 Å². The molecule has 0 unspecified atom stereocenters. The average Bonchev–Trinajstić information content (AvgIpc) is 3.24. The summed E-state index contributed by atoms with van der Waals surface area (Å²) in [6.07, 6.45) is 0.400. The van der Waals surface area contributed by atoms with Crippen molar-refractivity contribution in [2.24, 2.45) is 0 Å². The molecule has 0 aliphatic carbocycles. The fraction of sp³-hybridized carbons (Fsp3) is 0.190. The molecule has 4 rings (SSSR count). The second-order valence-corrected chi connectivity index (χ2v) is 7.58. The van der Waals surface area contributed by atoms with E-state index >= 15 is 0 Å². The van der Waals surface area contributed by atoms with Gasteiger partial charge in [-0.15, -0.1) is 0 Å². The second-order valence-electron chi connectivity index (χ2n) is 6.50. The molecular formula is C21H21N5OS. The zero-order valence-corrected chi connectivity index (χ0v) is 16.6. The molecule has 142 valence electrons. The summed E-state index contributed by atoms with van der Waals surface area (Å²) in [6, 6.07) is 17.8. The molecule has 0 atom stereocenters. The lowest BCUT2D eigenvalue weighted by atomic mass is 10.3. The van der Waals surface area contributed by atoms with E-state index in [1.807, 2.05) is 73.1 Å². The number of anilines is 1. The molecule has 2 aromatic heterocycles. The first-order valence-corrected chi connectivity index (χ1v) is 10.1. The van der Waals surface area contributed by atoms with Crippen LogP contribution in [0.15, 0.2) is 59.8 Å². The molecule has 7 heteroatoms. The van der Waals surface area contributed by atoms with E-state index in [4.69, 9.17) is 0 Å². The molecule has 0 radical (unpaired) electrons. The van der Waals surface area contributed by atoms with Crippen LogP contribution in [-0.2, 0) is 4.79 Å². The zero-order valence-electron chi connectivity index (χ0n) is 15.8. The molecule has 2 aromatic carbocycles. The summed E-state index contributed by atoms with van der Waals surface area (Å²) in [6.45, 7) is 3.87. The first-order valence-electron chi connectivity index (χ1n) is 9.11. The van der Waals surface area contributed by atoms with Gasteiger partial charge in [-0.05, 0) is 38.1 Å². The van der Waals surface area contributed by atoms with E-state index in [1.165, 1.54) is 0 Å². The molecule has 0 aliphatic heterocycles. The number of fused-ring (bicyclic) bond motifs is 1. The number of thioether (sulfide) groups is 1. The van der Waals surface area contributed by atoms with Crippen molar-refractivity contribution in [2.75, 3.05) is 11.1 Å². The fourth-order valence-electron chi connectivity index (χ4n) is 3.08. The predicted octanol–water partition coefficient (Wildman–Crippen LogP) is 4.49. The van der Waals surface area contributed by atoms with Gasteiger partial charge in [-0.1, -0.05) is 42.1 Å². The Bertz CT molecular complexity index is 1080. The van der Waals surface area contributed by atoms with Crippen LogP contribution in [0.4, 0.5) is 5.69 Å². The van der Waals surface area contributed by atoms with Crippen LogP contribution in [0.25, 0.3) is 16.7 Å². The van der Waals surface area contributed by atoms with Gasteiger partial charge in [-0.2, -0.15) is 5.10 Å². The van der Waals surface area contributed by atoms with Crippen molar-refractivity contribution >= 4 is 34.4 Å². The molecule has 0 aliphatic rings. The molecule has 28 heavy (non-hydrogen) atoms. The summed E-state index contributed by atoms with van der Waals surface area (Å²) in [5.74, 6) is 0.624. The molecule has 0 spiro atoms. The number of nitrogens with one attached hydrogen (secondary N) is 2. The number of hydrogen-bond donors (Lipinski definition) is 2. The minimum absolute atomic E-state index is 0.0255. The molecule has 6 nitrogen and oxygen atoms in total. The van der Waals surface area contributed by atoms with Gasteiger partial charge in [0.1, 0.15) is 0 Å². The number of imidazole rings is 1. The van der Waals surface area contributed by atoms with Gasteiger partial charge in [-0.3, -0.25) is 4.79 Å². The standard InChI is InChI=1S/C21H21N5OS/c1-14-20(15(2)26(25-14)16-8-4-3-5-9-16)24-19(27)12-13-28-21-22-17-10-6-7-11-18(17)23-21/h3-11H,12-13H2,1-2H3,(H,22,23)(H,24,27). The maximum Gasteiger partial charge on any atom is 0.225 e. The van der Waals surface area contributed by atoms with Gasteiger partial charge in [0, 0.05) is 12.2 Å². The molecule has 2 heterocycles. The highest BCUT2D eigenvalue weighted by molar-refractivity contribution is 7.99. The van der Waals surface area contributed by atoms with E-state index in [0.717, 1.165) is 39.0 Å². The van der Waals surface area contributed by atoms with Crippen LogP contribution < -0.4 is 5.32 Å². The highest BCUT2D eigenvalue weighted by Gasteiger charge is 2.15. The van der Waals surface area contributed by atoms with Crippen molar-refractivity contribution < 1.29 is 4.79 Å². The lowest BCUT2D eigenvalue weighted by Crippen LogP contribution is -2.13. The fourth-order valence-corrected chi connectivity index (χ4v) is 3.91. The Labute approximate surface area is 167 Å². The number of aromatic nitrogens is 4. The smallest absolute Gasteiger partial charge is 0.225 e. The van der Waals surface area contributed by atoms with Crippen LogP contribution in [0.3, 0.4) is 0 Å². The number of H-pyrrole nitrogens is 1. The first kappa shape index (κ1) is 18.3. The minimum atomic E-state index is -0.0255. The Hall–Kier alpha value is -3.06. The molecule has 0 bridgehead atoms. The molecular weight excluding hydrogens is 370 g/mol. The van der Waals surface area contributed by atoms with Crippen molar-refractivity contribution in [3.05, 3.63) is 66.0 Å². The van der Waals surface area contributed by atoms with Crippen molar-refractivity contribution in [3.63, 3.8) is 0 Å². The van der Waals surface area contributed by atoms with E-state index < -0.39 is 0 Å². The number of aromatic amines is 1. The third-order valence-corrected chi connectivity index (χ3v) is 5.37. The highest BCUT2D eigenvalue weighted by Crippen LogP contribution is 2.24. The third kappa shape index (κ3) is 3.80. The van der Waals surface area contributed by atoms with Gasteiger partial charge in [0.05, 0.1) is 33.8 Å². The Morgan fingerprint density at radius 2 is 1.86 bits per heavy atom. The molecule has 2 N–H and O–H groups in total. The van der Waals surface area contributed by atoms with Crippen LogP contribution in [0, 0.1) is 13.8 Å². The number of nitrogens with zero attached hydrogens (tertiary/aromatic N) is 3. The van der Waals surface area contributed by atoms with E-state index in [9.17, 15) is 4.79 Å². The molecule has 0 saturated carbocycles. The molecule has 4 aromatic rings. The monoisotopic (exact) mass is 391 g/mol. The van der Waals surface area contributed by atoms with Gasteiger partial charge >= 0.3 is 0 Å². The van der Waals surface area contributed by atoms with Crippen LogP contribution in [-0.4, -0.2) is 31.4 Å². The Kier molecular flexibility index (Phi) is 5.16. The Morgan fingerprint density at radius 3 is 2.64 bits per heavy atom.